The lowest BCUT2D eigenvalue weighted by Crippen LogP contribution is -2.49. The van der Waals surface area contributed by atoms with Gasteiger partial charge in [-0.15, -0.1) is 0 Å². The molecule has 0 aromatic carbocycles. The highest BCUT2D eigenvalue weighted by atomic mass is 16.2. The third-order valence-corrected chi connectivity index (χ3v) is 5.95. The van der Waals surface area contributed by atoms with Crippen molar-refractivity contribution >= 4 is 22.8 Å². The average Bonchev–Trinajstić information content (AvgIpc) is 3.08. The van der Waals surface area contributed by atoms with Crippen LogP contribution in [0.25, 0.3) is 11.0 Å². The van der Waals surface area contributed by atoms with E-state index in [-0.39, 0.29) is 11.7 Å². The summed E-state index contributed by atoms with van der Waals surface area (Å²) in [5.74, 6) is 1.81. The van der Waals surface area contributed by atoms with Gasteiger partial charge in [0.1, 0.15) is 5.82 Å². The number of fused-ring (bicyclic) bond motifs is 1. The summed E-state index contributed by atoms with van der Waals surface area (Å²) in [6.45, 7) is 10.8. The van der Waals surface area contributed by atoms with Gasteiger partial charge in [0.2, 0.25) is 5.82 Å². The highest BCUT2D eigenvalue weighted by Crippen LogP contribution is 2.27. The van der Waals surface area contributed by atoms with E-state index in [9.17, 15) is 4.79 Å². The van der Waals surface area contributed by atoms with Gasteiger partial charge < -0.3 is 9.80 Å². The molecule has 0 atom stereocenters. The Kier molecular flexibility index (Phi) is 5.48. The minimum atomic E-state index is -0.0738. The Hall–Kier alpha value is -2.22. The van der Waals surface area contributed by atoms with Crippen molar-refractivity contribution < 1.29 is 4.79 Å². The summed E-state index contributed by atoms with van der Waals surface area (Å²) in [5.41, 5.74) is 0.610. The predicted molar refractivity (Wildman–Crippen MR) is 110 cm³/mol. The Morgan fingerprint density at radius 1 is 1.11 bits per heavy atom. The van der Waals surface area contributed by atoms with E-state index < -0.39 is 0 Å². The zero-order chi connectivity index (χ0) is 19.7. The largest absolute Gasteiger partial charge is 0.356 e. The van der Waals surface area contributed by atoms with Gasteiger partial charge in [0.05, 0.1) is 5.39 Å². The zero-order valence-corrected chi connectivity index (χ0v) is 17.3. The minimum Gasteiger partial charge on any atom is -0.356 e. The molecule has 0 bridgehead atoms. The molecule has 2 aliphatic rings. The number of hydrogen-bond acceptors (Lipinski definition) is 6. The number of carbonyl (C=O) groups is 1. The van der Waals surface area contributed by atoms with E-state index in [2.05, 4.69) is 33.7 Å². The van der Waals surface area contributed by atoms with E-state index in [0.29, 0.717) is 5.65 Å². The van der Waals surface area contributed by atoms with Crippen LogP contribution in [0.4, 0.5) is 5.82 Å². The van der Waals surface area contributed by atoms with Gasteiger partial charge in [-0.3, -0.25) is 14.4 Å². The van der Waals surface area contributed by atoms with Gasteiger partial charge in [0, 0.05) is 52.5 Å². The third kappa shape index (κ3) is 3.83. The average molecular weight is 386 g/mol. The van der Waals surface area contributed by atoms with Crippen molar-refractivity contribution in [1.29, 1.82) is 0 Å². The van der Waals surface area contributed by atoms with Crippen LogP contribution in [0.2, 0.25) is 0 Å². The number of rotatable bonds is 4. The molecule has 0 N–H and O–H groups in total. The SMILES string of the molecule is CCCN1CCN(C(=O)c2nc(N3CCC(C)CC3)c3cn(C)nc3n2)CC1. The molecule has 1 amide bonds. The van der Waals surface area contributed by atoms with Gasteiger partial charge in [0.25, 0.3) is 5.91 Å². The summed E-state index contributed by atoms with van der Waals surface area (Å²) in [6, 6.07) is 0. The maximum absolute atomic E-state index is 13.1. The Labute approximate surface area is 166 Å². The fraction of sp³-hybridized carbons (Fsp3) is 0.700. The molecule has 2 aliphatic heterocycles. The molecular weight excluding hydrogens is 354 g/mol. The van der Waals surface area contributed by atoms with Crippen LogP contribution in [-0.4, -0.2) is 81.3 Å². The molecule has 0 saturated carbocycles. The lowest BCUT2D eigenvalue weighted by Gasteiger charge is -2.34. The van der Waals surface area contributed by atoms with Gasteiger partial charge in [-0.1, -0.05) is 13.8 Å². The molecule has 2 aromatic rings. The Bertz CT molecular complexity index is 832. The molecular formula is C20H31N7O. The number of anilines is 1. The summed E-state index contributed by atoms with van der Waals surface area (Å²) in [7, 11) is 1.89. The maximum atomic E-state index is 13.1. The minimum absolute atomic E-state index is 0.0738. The summed E-state index contributed by atoms with van der Waals surface area (Å²) in [4.78, 5) is 29.0. The Morgan fingerprint density at radius 3 is 2.50 bits per heavy atom. The van der Waals surface area contributed by atoms with Gasteiger partial charge in [0.15, 0.2) is 5.65 Å². The fourth-order valence-electron chi connectivity index (χ4n) is 4.19. The number of carbonyl (C=O) groups excluding carboxylic acids is 1. The van der Waals surface area contributed by atoms with E-state index in [1.807, 2.05) is 18.1 Å². The highest BCUT2D eigenvalue weighted by Gasteiger charge is 2.27. The Balaban J connectivity index is 1.60. The number of aromatic nitrogens is 4. The van der Waals surface area contributed by atoms with Gasteiger partial charge in [-0.25, -0.2) is 9.97 Å². The van der Waals surface area contributed by atoms with Crippen LogP contribution in [0.15, 0.2) is 6.20 Å². The summed E-state index contributed by atoms with van der Waals surface area (Å²) >= 11 is 0. The molecule has 0 unspecified atom stereocenters. The summed E-state index contributed by atoms with van der Waals surface area (Å²) in [5, 5.41) is 5.40. The predicted octanol–water partition coefficient (Wildman–Crippen LogP) is 1.77. The molecule has 8 nitrogen and oxygen atoms in total. The standard InChI is InChI=1S/C20H31N7O/c1-4-7-25-10-12-27(13-11-25)20(28)18-21-17-16(14-24(3)23-17)19(22-18)26-8-5-15(2)6-9-26/h14-15H,4-13H2,1-3H3. The molecule has 0 aliphatic carbocycles. The van der Waals surface area contributed by atoms with Crippen molar-refractivity contribution in [2.75, 3.05) is 50.7 Å². The first-order chi connectivity index (χ1) is 13.5. The first kappa shape index (κ1) is 19.1. The number of piperazine rings is 1. The molecule has 0 radical (unpaired) electrons. The molecule has 8 heteroatoms. The van der Waals surface area contributed by atoms with Crippen LogP contribution < -0.4 is 4.90 Å². The van der Waals surface area contributed by atoms with Crippen LogP contribution >= 0.6 is 0 Å². The van der Waals surface area contributed by atoms with Crippen molar-refractivity contribution in [1.82, 2.24) is 29.5 Å². The summed E-state index contributed by atoms with van der Waals surface area (Å²) < 4.78 is 1.76. The van der Waals surface area contributed by atoms with Crippen LogP contribution in [0, 0.1) is 5.92 Å². The molecule has 2 saturated heterocycles. The van der Waals surface area contributed by atoms with Crippen molar-refractivity contribution in [2.24, 2.45) is 13.0 Å². The fourth-order valence-corrected chi connectivity index (χ4v) is 4.19. The van der Waals surface area contributed by atoms with Crippen LogP contribution in [-0.2, 0) is 7.05 Å². The number of hydrogen-bond donors (Lipinski definition) is 0. The normalized spacial score (nSPS) is 19.5. The zero-order valence-electron chi connectivity index (χ0n) is 17.3. The highest BCUT2D eigenvalue weighted by molar-refractivity contribution is 5.95. The number of amides is 1. The second-order valence-corrected chi connectivity index (χ2v) is 8.21. The number of piperidine rings is 1. The summed E-state index contributed by atoms with van der Waals surface area (Å²) in [6.07, 6.45) is 5.40. The Morgan fingerprint density at radius 2 is 1.82 bits per heavy atom. The molecule has 152 valence electrons. The lowest BCUT2D eigenvalue weighted by atomic mass is 9.99. The molecule has 2 fully saturated rings. The third-order valence-electron chi connectivity index (χ3n) is 5.95. The number of nitrogens with zero attached hydrogens (tertiary/aromatic N) is 7. The van der Waals surface area contributed by atoms with Crippen LogP contribution in [0.5, 0.6) is 0 Å². The second-order valence-electron chi connectivity index (χ2n) is 8.21. The topological polar surface area (TPSA) is 70.4 Å². The van der Waals surface area contributed by atoms with Crippen molar-refractivity contribution in [3.8, 4) is 0 Å². The van der Waals surface area contributed by atoms with Gasteiger partial charge in [-0.2, -0.15) is 5.10 Å². The van der Waals surface area contributed by atoms with E-state index in [0.717, 1.165) is 82.2 Å². The second kappa shape index (κ2) is 8.03. The van der Waals surface area contributed by atoms with Crippen molar-refractivity contribution in [2.45, 2.75) is 33.1 Å². The lowest BCUT2D eigenvalue weighted by molar-refractivity contribution is 0.0626. The smallest absolute Gasteiger partial charge is 0.291 e. The van der Waals surface area contributed by atoms with E-state index >= 15 is 0 Å². The van der Waals surface area contributed by atoms with Crippen molar-refractivity contribution in [3.63, 3.8) is 0 Å². The first-order valence-corrected chi connectivity index (χ1v) is 10.5. The first-order valence-electron chi connectivity index (χ1n) is 10.5. The monoisotopic (exact) mass is 385 g/mol. The molecule has 0 spiro atoms. The van der Waals surface area contributed by atoms with E-state index in [4.69, 9.17) is 4.98 Å². The van der Waals surface area contributed by atoms with Crippen LogP contribution in [0.1, 0.15) is 43.7 Å². The van der Waals surface area contributed by atoms with Gasteiger partial charge >= 0.3 is 0 Å². The van der Waals surface area contributed by atoms with E-state index in [1.165, 1.54) is 0 Å². The van der Waals surface area contributed by atoms with E-state index in [1.54, 1.807) is 4.68 Å². The quantitative estimate of drug-likeness (QED) is 0.799. The number of aryl methyl sites for hydroxylation is 1. The molecule has 4 rings (SSSR count). The van der Waals surface area contributed by atoms with Crippen molar-refractivity contribution in [3.05, 3.63) is 12.0 Å². The maximum Gasteiger partial charge on any atom is 0.291 e. The molecule has 4 heterocycles. The molecule has 2 aromatic heterocycles. The molecule has 28 heavy (non-hydrogen) atoms. The van der Waals surface area contributed by atoms with Crippen LogP contribution in [0.3, 0.4) is 0 Å². The van der Waals surface area contributed by atoms with Gasteiger partial charge in [-0.05, 0) is 31.7 Å².